The number of para-hydroxylation sites is 2. The molecule has 0 bridgehead atoms. The number of halogens is 1. The zero-order chi connectivity index (χ0) is 10.8. The quantitative estimate of drug-likeness (QED) is 0.802. The molecule has 80 valence electrons. The van der Waals surface area contributed by atoms with Crippen LogP contribution in [0.4, 0.5) is 0 Å². The molecule has 0 saturated heterocycles. The summed E-state index contributed by atoms with van der Waals surface area (Å²) >= 11 is 5.48. The van der Waals surface area contributed by atoms with Crippen molar-refractivity contribution in [2.24, 2.45) is 0 Å². The van der Waals surface area contributed by atoms with Crippen LogP contribution in [0.3, 0.4) is 0 Å². The molecule has 0 aliphatic heterocycles. The number of benzene rings is 1. The minimum absolute atomic E-state index is 0.0892. The van der Waals surface area contributed by atoms with Gasteiger partial charge in [-0.15, -0.1) is 11.6 Å². The summed E-state index contributed by atoms with van der Waals surface area (Å²) in [7, 11) is 0. The molecule has 5 heteroatoms. The summed E-state index contributed by atoms with van der Waals surface area (Å²) in [5.74, 6) is -0.383. The fourth-order valence-electron chi connectivity index (χ4n) is 1.45. The van der Waals surface area contributed by atoms with Crippen LogP contribution in [-0.2, 0) is 6.54 Å². The molecule has 0 radical (unpaired) electrons. The first-order chi connectivity index (χ1) is 7.22. The highest BCUT2D eigenvalue weighted by molar-refractivity contribution is 6.18. The van der Waals surface area contributed by atoms with E-state index in [1.165, 1.54) is 4.57 Å². The van der Waals surface area contributed by atoms with Crippen molar-refractivity contribution in [1.29, 1.82) is 0 Å². The van der Waals surface area contributed by atoms with Crippen LogP contribution in [-0.4, -0.2) is 21.7 Å². The Morgan fingerprint density at radius 2 is 2.20 bits per heavy atom. The summed E-state index contributed by atoms with van der Waals surface area (Å²) < 4.78 is 6.37. The average Bonchev–Trinajstić information content (AvgIpc) is 2.55. The van der Waals surface area contributed by atoms with Crippen LogP contribution in [0.15, 0.2) is 33.5 Å². The third-order valence-electron chi connectivity index (χ3n) is 2.15. The van der Waals surface area contributed by atoms with Crippen LogP contribution >= 0.6 is 11.6 Å². The summed E-state index contributed by atoms with van der Waals surface area (Å²) in [6.45, 7) is 0.152. The number of hydrogen-bond acceptors (Lipinski definition) is 3. The Morgan fingerprint density at radius 3 is 2.93 bits per heavy atom. The van der Waals surface area contributed by atoms with Gasteiger partial charge in [-0.1, -0.05) is 12.1 Å². The van der Waals surface area contributed by atoms with E-state index in [0.29, 0.717) is 11.1 Å². The molecule has 0 aliphatic carbocycles. The fraction of sp³-hybridized carbons (Fsp3) is 0.300. The zero-order valence-electron chi connectivity index (χ0n) is 7.89. The highest BCUT2D eigenvalue weighted by atomic mass is 35.5. The molecule has 1 aromatic heterocycles. The van der Waals surface area contributed by atoms with Gasteiger partial charge in [-0.25, -0.2) is 4.79 Å². The number of nitrogens with zero attached hydrogens (tertiary/aromatic N) is 1. The molecule has 15 heavy (non-hydrogen) atoms. The lowest BCUT2D eigenvalue weighted by molar-refractivity contribution is 0.175. The lowest BCUT2D eigenvalue weighted by atomic mass is 10.3. The maximum Gasteiger partial charge on any atom is 0.420 e. The molecule has 2 aromatic rings. The average molecular weight is 228 g/mol. The van der Waals surface area contributed by atoms with Crippen molar-refractivity contribution in [2.75, 3.05) is 5.88 Å². The van der Waals surface area contributed by atoms with Gasteiger partial charge in [-0.3, -0.25) is 4.57 Å². The van der Waals surface area contributed by atoms with Crippen molar-refractivity contribution in [3.63, 3.8) is 0 Å². The molecule has 1 unspecified atom stereocenters. The Balaban J connectivity index is 2.50. The normalized spacial score (nSPS) is 13.2. The highest BCUT2D eigenvalue weighted by Crippen LogP contribution is 2.12. The van der Waals surface area contributed by atoms with Gasteiger partial charge >= 0.3 is 5.76 Å². The molecular formula is C10H10ClNO3. The van der Waals surface area contributed by atoms with E-state index in [0.717, 1.165) is 0 Å². The molecule has 1 atom stereocenters. The molecule has 1 heterocycles. The highest BCUT2D eigenvalue weighted by Gasteiger charge is 2.11. The smallest absolute Gasteiger partial charge is 0.408 e. The Hall–Kier alpha value is -1.26. The lowest BCUT2D eigenvalue weighted by Gasteiger charge is -2.06. The first-order valence-electron chi connectivity index (χ1n) is 4.55. The van der Waals surface area contributed by atoms with E-state index in [9.17, 15) is 9.90 Å². The second-order valence-electron chi connectivity index (χ2n) is 3.25. The van der Waals surface area contributed by atoms with Crippen molar-refractivity contribution in [2.45, 2.75) is 12.6 Å². The van der Waals surface area contributed by atoms with Crippen LogP contribution < -0.4 is 5.76 Å². The lowest BCUT2D eigenvalue weighted by Crippen LogP contribution is -2.24. The van der Waals surface area contributed by atoms with E-state index in [4.69, 9.17) is 16.0 Å². The summed E-state index contributed by atoms with van der Waals surface area (Å²) in [6.07, 6.45) is -0.745. The van der Waals surface area contributed by atoms with Crippen LogP contribution in [0.25, 0.3) is 11.1 Å². The third-order valence-corrected chi connectivity index (χ3v) is 2.50. The number of fused-ring (bicyclic) bond motifs is 1. The van der Waals surface area contributed by atoms with Gasteiger partial charge in [0.25, 0.3) is 0 Å². The molecule has 0 aliphatic rings. The number of hydrogen-bond donors (Lipinski definition) is 1. The first-order valence-corrected chi connectivity index (χ1v) is 5.08. The summed E-state index contributed by atoms with van der Waals surface area (Å²) in [5.41, 5.74) is 1.19. The maximum absolute atomic E-state index is 11.4. The maximum atomic E-state index is 11.4. The van der Waals surface area contributed by atoms with E-state index in [1.54, 1.807) is 24.3 Å². The molecular weight excluding hydrogens is 218 g/mol. The van der Waals surface area contributed by atoms with Gasteiger partial charge < -0.3 is 9.52 Å². The van der Waals surface area contributed by atoms with Crippen LogP contribution in [0.1, 0.15) is 0 Å². The minimum atomic E-state index is -0.745. The predicted octanol–water partition coefficient (Wildman–Crippen LogP) is 1.19. The van der Waals surface area contributed by atoms with Gasteiger partial charge in [0.2, 0.25) is 0 Å². The number of oxazole rings is 1. The molecule has 1 aromatic carbocycles. The zero-order valence-corrected chi connectivity index (χ0v) is 8.65. The van der Waals surface area contributed by atoms with E-state index in [1.807, 2.05) is 0 Å². The monoisotopic (exact) mass is 227 g/mol. The second-order valence-corrected chi connectivity index (χ2v) is 3.56. The largest absolute Gasteiger partial charge is 0.420 e. The molecule has 0 amide bonds. The Kier molecular flexibility index (Phi) is 2.79. The predicted molar refractivity (Wildman–Crippen MR) is 57.2 cm³/mol. The van der Waals surface area contributed by atoms with Gasteiger partial charge in [-0.2, -0.15) is 0 Å². The van der Waals surface area contributed by atoms with Crippen LogP contribution in [0.5, 0.6) is 0 Å². The summed E-state index contributed by atoms with van der Waals surface area (Å²) in [6, 6.07) is 7.07. The second kappa shape index (κ2) is 4.08. The minimum Gasteiger partial charge on any atom is -0.408 e. The number of aliphatic hydroxyl groups is 1. The summed E-state index contributed by atoms with van der Waals surface area (Å²) in [5, 5.41) is 9.38. The number of aromatic nitrogens is 1. The molecule has 0 saturated carbocycles. The molecule has 4 nitrogen and oxygen atoms in total. The Labute approximate surface area is 90.7 Å². The Bertz CT molecular complexity index is 517. The molecule has 0 fully saturated rings. The van der Waals surface area contributed by atoms with Crippen molar-refractivity contribution in [3.8, 4) is 0 Å². The standard InChI is InChI=1S/C10H10ClNO3/c11-5-7(13)6-12-8-3-1-2-4-9(8)15-10(12)14/h1-4,7,13H,5-6H2. The van der Waals surface area contributed by atoms with E-state index in [2.05, 4.69) is 0 Å². The van der Waals surface area contributed by atoms with Crippen molar-refractivity contribution < 1.29 is 9.52 Å². The number of aliphatic hydroxyl groups excluding tert-OH is 1. The van der Waals surface area contributed by atoms with Crippen molar-refractivity contribution >= 4 is 22.7 Å². The topological polar surface area (TPSA) is 55.4 Å². The van der Waals surface area contributed by atoms with Crippen LogP contribution in [0.2, 0.25) is 0 Å². The van der Waals surface area contributed by atoms with Gasteiger partial charge in [-0.05, 0) is 12.1 Å². The van der Waals surface area contributed by atoms with Crippen LogP contribution in [0, 0.1) is 0 Å². The number of rotatable bonds is 3. The molecule has 1 N–H and O–H groups in total. The van der Waals surface area contributed by atoms with E-state index in [-0.39, 0.29) is 12.4 Å². The van der Waals surface area contributed by atoms with Crippen molar-refractivity contribution in [1.82, 2.24) is 4.57 Å². The summed E-state index contributed by atoms with van der Waals surface area (Å²) in [4.78, 5) is 11.4. The van der Waals surface area contributed by atoms with Gasteiger partial charge in [0.1, 0.15) is 0 Å². The van der Waals surface area contributed by atoms with Gasteiger partial charge in [0.05, 0.1) is 24.0 Å². The SMILES string of the molecule is O=c1oc2ccccc2n1CC(O)CCl. The van der Waals surface area contributed by atoms with E-state index >= 15 is 0 Å². The third kappa shape index (κ3) is 1.91. The van der Waals surface area contributed by atoms with Crippen molar-refractivity contribution in [3.05, 3.63) is 34.8 Å². The van der Waals surface area contributed by atoms with E-state index < -0.39 is 11.9 Å². The number of alkyl halides is 1. The van der Waals surface area contributed by atoms with Gasteiger partial charge in [0, 0.05) is 0 Å². The Morgan fingerprint density at radius 1 is 1.47 bits per heavy atom. The molecule has 2 rings (SSSR count). The van der Waals surface area contributed by atoms with Gasteiger partial charge in [0.15, 0.2) is 5.58 Å². The first kappa shape index (κ1) is 10.3. The molecule has 0 spiro atoms. The fourth-order valence-corrected chi connectivity index (χ4v) is 1.54.